The zero-order valence-electron chi connectivity index (χ0n) is 10.6. The molecule has 0 saturated carbocycles. The van der Waals surface area contributed by atoms with Crippen molar-refractivity contribution in [3.63, 3.8) is 0 Å². The lowest BCUT2D eigenvalue weighted by molar-refractivity contribution is 0.00354. The van der Waals surface area contributed by atoms with Crippen LogP contribution in [0, 0.1) is 5.92 Å². The van der Waals surface area contributed by atoms with E-state index in [-0.39, 0.29) is 6.03 Å². The van der Waals surface area contributed by atoms with E-state index in [2.05, 4.69) is 22.5 Å². The molecule has 1 saturated heterocycles. The summed E-state index contributed by atoms with van der Waals surface area (Å²) in [4.78, 5) is 15.6. The molecule has 2 atom stereocenters. The smallest absolute Gasteiger partial charge is 0.319 e. The molecular weight excluding hydrogens is 230 g/mol. The van der Waals surface area contributed by atoms with Crippen molar-refractivity contribution in [2.75, 3.05) is 18.5 Å². The predicted molar refractivity (Wildman–Crippen MR) is 69.4 cm³/mol. The minimum Gasteiger partial charge on any atom is -0.378 e. The van der Waals surface area contributed by atoms with Crippen molar-refractivity contribution in [1.29, 1.82) is 0 Å². The molecule has 1 aromatic rings. The fourth-order valence-corrected chi connectivity index (χ4v) is 2.13. The predicted octanol–water partition coefficient (Wildman–Crippen LogP) is 2.02. The van der Waals surface area contributed by atoms with Gasteiger partial charge in [0.15, 0.2) is 0 Å². The monoisotopic (exact) mass is 249 g/mol. The number of aromatic nitrogens is 1. The van der Waals surface area contributed by atoms with Crippen molar-refractivity contribution >= 4 is 11.7 Å². The third kappa shape index (κ3) is 4.00. The Morgan fingerprint density at radius 3 is 3.22 bits per heavy atom. The molecule has 2 N–H and O–H groups in total. The number of rotatable bonds is 3. The van der Waals surface area contributed by atoms with E-state index in [9.17, 15) is 4.79 Å². The van der Waals surface area contributed by atoms with Crippen molar-refractivity contribution in [2.45, 2.75) is 25.9 Å². The summed E-state index contributed by atoms with van der Waals surface area (Å²) in [6.45, 7) is 3.55. The number of carbonyl (C=O) groups excluding carboxylic acids is 1. The summed E-state index contributed by atoms with van der Waals surface area (Å²) in [7, 11) is 0. The zero-order chi connectivity index (χ0) is 12.8. The van der Waals surface area contributed by atoms with Gasteiger partial charge in [-0.05, 0) is 37.8 Å². The fourth-order valence-electron chi connectivity index (χ4n) is 2.13. The van der Waals surface area contributed by atoms with Crippen molar-refractivity contribution in [3.05, 3.63) is 24.5 Å². The lowest BCUT2D eigenvalue weighted by atomic mass is 9.96. The van der Waals surface area contributed by atoms with Crippen LogP contribution in [0.25, 0.3) is 0 Å². The van der Waals surface area contributed by atoms with Crippen LogP contribution in [0.4, 0.5) is 10.5 Å². The molecule has 0 bridgehead atoms. The van der Waals surface area contributed by atoms with E-state index in [1.165, 1.54) is 0 Å². The highest BCUT2D eigenvalue weighted by Gasteiger charge is 2.19. The highest BCUT2D eigenvalue weighted by atomic mass is 16.5. The van der Waals surface area contributed by atoms with E-state index in [1.807, 2.05) is 6.07 Å². The van der Waals surface area contributed by atoms with Gasteiger partial charge in [-0.25, -0.2) is 4.79 Å². The number of nitrogens with one attached hydrogen (secondary N) is 2. The minimum absolute atomic E-state index is 0.179. The van der Waals surface area contributed by atoms with Gasteiger partial charge in [0.1, 0.15) is 0 Å². The minimum atomic E-state index is -0.179. The molecule has 5 heteroatoms. The van der Waals surface area contributed by atoms with Gasteiger partial charge in [-0.2, -0.15) is 0 Å². The third-order valence-electron chi connectivity index (χ3n) is 3.06. The molecule has 2 rings (SSSR count). The van der Waals surface area contributed by atoms with Gasteiger partial charge in [0.25, 0.3) is 0 Å². The standard InChI is InChI=1S/C13H19N3O2/c1-10-7-11(4-6-18-10)8-15-13(17)16-12-3-2-5-14-9-12/h2-3,5,9-11H,4,6-8H2,1H3,(H2,15,16,17)/t10-,11+/m1/s1. The highest BCUT2D eigenvalue weighted by Crippen LogP contribution is 2.18. The quantitative estimate of drug-likeness (QED) is 0.861. The van der Waals surface area contributed by atoms with E-state index in [4.69, 9.17) is 4.74 Å². The van der Waals surface area contributed by atoms with Crippen molar-refractivity contribution in [2.24, 2.45) is 5.92 Å². The van der Waals surface area contributed by atoms with E-state index in [0.717, 1.165) is 19.4 Å². The SMILES string of the molecule is C[C@@H]1C[C@@H](CNC(=O)Nc2cccnc2)CCO1. The molecule has 1 aliphatic heterocycles. The van der Waals surface area contributed by atoms with Crippen LogP contribution in [0.2, 0.25) is 0 Å². The second-order valence-electron chi connectivity index (χ2n) is 4.65. The molecule has 0 aliphatic carbocycles. The number of ether oxygens (including phenoxy) is 1. The first-order valence-electron chi connectivity index (χ1n) is 6.30. The van der Waals surface area contributed by atoms with Crippen LogP contribution >= 0.6 is 0 Å². The van der Waals surface area contributed by atoms with Crippen LogP contribution in [0.15, 0.2) is 24.5 Å². The molecule has 1 aromatic heterocycles. The number of nitrogens with zero attached hydrogens (tertiary/aromatic N) is 1. The van der Waals surface area contributed by atoms with Crippen LogP contribution < -0.4 is 10.6 Å². The number of hydrogen-bond acceptors (Lipinski definition) is 3. The Balaban J connectivity index is 1.71. The van der Waals surface area contributed by atoms with Gasteiger partial charge in [0.2, 0.25) is 0 Å². The van der Waals surface area contributed by atoms with E-state index < -0.39 is 0 Å². The maximum atomic E-state index is 11.7. The number of urea groups is 1. The van der Waals surface area contributed by atoms with Crippen molar-refractivity contribution < 1.29 is 9.53 Å². The van der Waals surface area contributed by atoms with Gasteiger partial charge in [-0.3, -0.25) is 4.98 Å². The van der Waals surface area contributed by atoms with Crippen molar-refractivity contribution in [3.8, 4) is 0 Å². The van der Waals surface area contributed by atoms with Crippen LogP contribution in [0.1, 0.15) is 19.8 Å². The Kier molecular flexibility index (Phi) is 4.52. The molecule has 0 spiro atoms. The molecule has 98 valence electrons. The Hall–Kier alpha value is -1.62. The lowest BCUT2D eigenvalue weighted by Gasteiger charge is -2.27. The number of carbonyl (C=O) groups is 1. The summed E-state index contributed by atoms with van der Waals surface area (Å²) >= 11 is 0. The maximum absolute atomic E-state index is 11.7. The summed E-state index contributed by atoms with van der Waals surface area (Å²) in [5.74, 6) is 0.508. The van der Waals surface area contributed by atoms with E-state index in [0.29, 0.717) is 24.3 Å². The first-order valence-corrected chi connectivity index (χ1v) is 6.30. The third-order valence-corrected chi connectivity index (χ3v) is 3.06. The molecular formula is C13H19N3O2. The summed E-state index contributed by atoms with van der Waals surface area (Å²) in [5.41, 5.74) is 0.704. The van der Waals surface area contributed by atoms with Crippen LogP contribution in [-0.4, -0.2) is 30.3 Å². The van der Waals surface area contributed by atoms with Gasteiger partial charge in [0, 0.05) is 19.3 Å². The molecule has 5 nitrogen and oxygen atoms in total. The lowest BCUT2D eigenvalue weighted by Crippen LogP contribution is -2.36. The fraction of sp³-hybridized carbons (Fsp3) is 0.538. The Bertz CT molecular complexity index is 383. The summed E-state index contributed by atoms with van der Waals surface area (Å²) in [6.07, 6.45) is 5.61. The van der Waals surface area contributed by atoms with Gasteiger partial charge in [0.05, 0.1) is 18.0 Å². The Labute approximate surface area is 107 Å². The first kappa shape index (κ1) is 12.8. The number of hydrogen-bond donors (Lipinski definition) is 2. The average Bonchev–Trinajstić information content (AvgIpc) is 2.38. The Morgan fingerprint density at radius 2 is 2.50 bits per heavy atom. The van der Waals surface area contributed by atoms with E-state index in [1.54, 1.807) is 18.5 Å². The second kappa shape index (κ2) is 6.35. The Morgan fingerprint density at radius 1 is 1.61 bits per heavy atom. The molecule has 0 unspecified atom stereocenters. The van der Waals surface area contributed by atoms with Gasteiger partial charge < -0.3 is 15.4 Å². The molecule has 1 fully saturated rings. The van der Waals surface area contributed by atoms with Crippen LogP contribution in [-0.2, 0) is 4.74 Å². The number of pyridine rings is 1. The molecule has 18 heavy (non-hydrogen) atoms. The molecule has 2 heterocycles. The van der Waals surface area contributed by atoms with Gasteiger partial charge >= 0.3 is 6.03 Å². The number of anilines is 1. The first-order chi connectivity index (χ1) is 8.74. The average molecular weight is 249 g/mol. The number of amides is 2. The van der Waals surface area contributed by atoms with E-state index >= 15 is 0 Å². The van der Waals surface area contributed by atoms with Gasteiger partial charge in [-0.1, -0.05) is 0 Å². The zero-order valence-corrected chi connectivity index (χ0v) is 10.6. The topological polar surface area (TPSA) is 63.2 Å². The summed E-state index contributed by atoms with van der Waals surface area (Å²) in [6, 6.07) is 3.42. The molecule has 1 aliphatic rings. The van der Waals surface area contributed by atoms with Crippen LogP contribution in [0.3, 0.4) is 0 Å². The summed E-state index contributed by atoms with van der Waals surface area (Å²) in [5, 5.41) is 5.64. The summed E-state index contributed by atoms with van der Waals surface area (Å²) < 4.78 is 5.47. The molecule has 0 aromatic carbocycles. The molecule has 0 radical (unpaired) electrons. The van der Waals surface area contributed by atoms with Crippen molar-refractivity contribution in [1.82, 2.24) is 10.3 Å². The highest BCUT2D eigenvalue weighted by molar-refractivity contribution is 5.88. The second-order valence-corrected chi connectivity index (χ2v) is 4.65. The van der Waals surface area contributed by atoms with Crippen LogP contribution in [0.5, 0.6) is 0 Å². The van der Waals surface area contributed by atoms with Gasteiger partial charge in [-0.15, -0.1) is 0 Å². The maximum Gasteiger partial charge on any atom is 0.319 e. The largest absolute Gasteiger partial charge is 0.378 e. The normalized spacial score (nSPS) is 23.4. The molecule has 2 amide bonds.